The molecular formula is C23H25FN4O7S2. The Bertz CT molecular complexity index is 1720. The molecule has 0 saturated heterocycles. The van der Waals surface area contributed by atoms with Gasteiger partial charge in [-0.3, -0.25) is 9.12 Å². The van der Waals surface area contributed by atoms with Gasteiger partial charge in [0.2, 0.25) is 5.03 Å². The van der Waals surface area contributed by atoms with Crippen LogP contribution in [0.4, 0.5) is 10.1 Å². The van der Waals surface area contributed by atoms with Crippen LogP contribution in [-0.4, -0.2) is 50.2 Å². The number of rotatable bonds is 7. The van der Waals surface area contributed by atoms with Crippen LogP contribution in [0.5, 0.6) is 11.5 Å². The molecule has 0 aliphatic rings. The Labute approximate surface area is 213 Å². The number of fused-ring (bicyclic) bond motifs is 1. The van der Waals surface area contributed by atoms with Crippen molar-refractivity contribution in [2.45, 2.75) is 42.4 Å². The Morgan fingerprint density at radius 2 is 1.78 bits per heavy atom. The smallest absolute Gasteiger partial charge is 0.282 e. The zero-order chi connectivity index (χ0) is 27.3. The van der Waals surface area contributed by atoms with Gasteiger partial charge in [0.15, 0.2) is 27.3 Å². The van der Waals surface area contributed by atoms with Gasteiger partial charge in [-0.05, 0) is 32.9 Å². The number of anilines is 1. The molecule has 0 saturated carbocycles. The van der Waals surface area contributed by atoms with Gasteiger partial charge in [0.1, 0.15) is 22.6 Å². The first kappa shape index (κ1) is 26.4. The van der Waals surface area contributed by atoms with Gasteiger partial charge in [0, 0.05) is 24.8 Å². The summed E-state index contributed by atoms with van der Waals surface area (Å²) in [7, 11) is -5.54. The first-order valence-electron chi connectivity index (χ1n) is 10.8. The topological polar surface area (TPSA) is 142 Å². The van der Waals surface area contributed by atoms with E-state index in [4.69, 9.17) is 13.9 Å². The summed E-state index contributed by atoms with van der Waals surface area (Å²) < 4.78 is 85.2. The number of hydrogen-bond acceptors (Lipinski definition) is 9. The summed E-state index contributed by atoms with van der Waals surface area (Å²) in [6, 6.07) is 3.93. The molecule has 14 heteroatoms. The number of hydrogen-bond donors (Lipinski definition) is 1. The van der Waals surface area contributed by atoms with Crippen LogP contribution < -0.4 is 14.2 Å². The molecule has 37 heavy (non-hydrogen) atoms. The van der Waals surface area contributed by atoms with Crippen molar-refractivity contribution in [3.8, 4) is 22.8 Å². The second kappa shape index (κ2) is 9.03. The highest BCUT2D eigenvalue weighted by atomic mass is 32.2. The summed E-state index contributed by atoms with van der Waals surface area (Å²) >= 11 is 0. The Kier molecular flexibility index (Phi) is 6.44. The van der Waals surface area contributed by atoms with Gasteiger partial charge in [0.25, 0.3) is 10.0 Å². The summed E-state index contributed by atoms with van der Waals surface area (Å²) in [4.78, 5) is 8.01. The lowest BCUT2D eigenvalue weighted by molar-refractivity contribution is 0.389. The van der Waals surface area contributed by atoms with Gasteiger partial charge in [-0.25, -0.2) is 22.8 Å². The Hall–Kier alpha value is -3.65. The van der Waals surface area contributed by atoms with Crippen LogP contribution in [0.2, 0.25) is 0 Å². The third kappa shape index (κ3) is 4.62. The van der Waals surface area contributed by atoms with E-state index in [-0.39, 0.29) is 33.5 Å². The molecule has 4 rings (SSSR count). The highest BCUT2D eigenvalue weighted by Crippen LogP contribution is 2.37. The van der Waals surface area contributed by atoms with Crippen LogP contribution in [0.1, 0.15) is 26.7 Å². The number of sulfone groups is 1. The van der Waals surface area contributed by atoms with Crippen molar-refractivity contribution >= 4 is 31.2 Å². The third-order valence-corrected chi connectivity index (χ3v) is 9.28. The molecule has 0 radical (unpaired) electrons. The molecule has 0 aliphatic heterocycles. The average molecular weight is 553 g/mol. The number of imidazole rings is 1. The molecule has 1 N–H and O–H groups in total. The third-order valence-electron chi connectivity index (χ3n) is 5.55. The van der Waals surface area contributed by atoms with E-state index in [2.05, 4.69) is 14.7 Å². The van der Waals surface area contributed by atoms with E-state index in [0.29, 0.717) is 11.3 Å². The van der Waals surface area contributed by atoms with Crippen molar-refractivity contribution in [1.82, 2.24) is 14.4 Å². The summed E-state index contributed by atoms with van der Waals surface area (Å²) in [5.41, 5.74) is 0.617. The van der Waals surface area contributed by atoms with E-state index in [0.717, 1.165) is 12.3 Å². The molecule has 0 unspecified atom stereocenters. The summed E-state index contributed by atoms with van der Waals surface area (Å²) in [6.45, 7) is 6.17. The highest BCUT2D eigenvalue weighted by Gasteiger charge is 2.34. The fourth-order valence-corrected chi connectivity index (χ4v) is 5.86. The minimum absolute atomic E-state index is 0.0782. The number of pyridine rings is 1. The van der Waals surface area contributed by atoms with Gasteiger partial charge >= 0.3 is 0 Å². The van der Waals surface area contributed by atoms with Crippen LogP contribution in [0.15, 0.2) is 51.2 Å². The number of halogens is 1. The van der Waals surface area contributed by atoms with Gasteiger partial charge in [-0.2, -0.15) is 8.42 Å². The number of benzene rings is 1. The van der Waals surface area contributed by atoms with Crippen molar-refractivity contribution in [2.75, 3.05) is 18.9 Å². The number of oxazole rings is 1. The van der Waals surface area contributed by atoms with Crippen LogP contribution in [-0.2, 0) is 19.9 Å². The zero-order valence-corrected chi connectivity index (χ0v) is 22.5. The lowest BCUT2D eigenvalue weighted by Crippen LogP contribution is -2.28. The Morgan fingerprint density at radius 1 is 1.08 bits per heavy atom. The molecule has 1 aromatic carbocycles. The molecule has 0 bridgehead atoms. The van der Waals surface area contributed by atoms with E-state index in [9.17, 15) is 16.8 Å². The van der Waals surface area contributed by atoms with Crippen molar-refractivity contribution in [2.24, 2.45) is 0 Å². The summed E-state index contributed by atoms with van der Waals surface area (Å²) in [5, 5.41) is -0.392. The molecule has 0 spiro atoms. The van der Waals surface area contributed by atoms with E-state index < -0.39 is 35.5 Å². The zero-order valence-electron chi connectivity index (χ0n) is 20.9. The first-order chi connectivity index (χ1) is 17.2. The molecular weight excluding hydrogens is 527 g/mol. The minimum Gasteiger partial charge on any atom is -0.495 e. The molecule has 0 aliphatic carbocycles. The molecule has 0 fully saturated rings. The number of aryl methyl sites for hydroxylation is 1. The maximum absolute atomic E-state index is 15.1. The second-order valence-electron chi connectivity index (χ2n) is 9.04. The van der Waals surface area contributed by atoms with Gasteiger partial charge in [-0.15, -0.1) is 0 Å². The normalized spacial score (nSPS) is 12.6. The van der Waals surface area contributed by atoms with Crippen LogP contribution in [0.3, 0.4) is 0 Å². The molecule has 198 valence electrons. The lowest BCUT2D eigenvalue weighted by atomic mass is 10.1. The molecule has 3 heterocycles. The maximum atomic E-state index is 15.1. The molecule has 4 aromatic rings. The van der Waals surface area contributed by atoms with Crippen LogP contribution in [0.25, 0.3) is 16.9 Å². The van der Waals surface area contributed by atoms with E-state index in [1.165, 1.54) is 50.1 Å². The highest BCUT2D eigenvalue weighted by molar-refractivity contribution is 7.93. The predicted molar refractivity (Wildman–Crippen MR) is 133 cm³/mol. The monoisotopic (exact) mass is 552 g/mol. The van der Waals surface area contributed by atoms with Gasteiger partial charge < -0.3 is 13.9 Å². The molecule has 3 aromatic heterocycles. The number of methoxy groups -OCH3 is 2. The van der Waals surface area contributed by atoms with Crippen molar-refractivity contribution < 1.29 is 35.1 Å². The van der Waals surface area contributed by atoms with Crippen LogP contribution >= 0.6 is 0 Å². The van der Waals surface area contributed by atoms with Crippen molar-refractivity contribution in [3.63, 3.8) is 0 Å². The maximum Gasteiger partial charge on any atom is 0.282 e. The second-order valence-corrected chi connectivity index (χ2v) is 13.3. The number of sulfonamides is 1. The average Bonchev–Trinajstić information content (AvgIpc) is 3.43. The number of nitrogens with zero attached hydrogens (tertiary/aromatic N) is 3. The minimum atomic E-state index is -4.24. The molecule has 11 nitrogen and oxygen atoms in total. The first-order valence-corrected chi connectivity index (χ1v) is 13.8. The van der Waals surface area contributed by atoms with Gasteiger partial charge in [0.05, 0.1) is 36.5 Å². The number of ether oxygens (including phenoxy) is 2. The lowest BCUT2D eigenvalue weighted by Gasteiger charge is -2.21. The van der Waals surface area contributed by atoms with E-state index >= 15 is 4.39 Å². The number of aromatic nitrogens is 3. The van der Waals surface area contributed by atoms with Crippen molar-refractivity contribution in [1.29, 1.82) is 0 Å². The molecule has 0 amide bonds. The van der Waals surface area contributed by atoms with Crippen LogP contribution in [0, 0.1) is 12.7 Å². The summed E-state index contributed by atoms with van der Waals surface area (Å²) in [6.07, 6.45) is 3.71. The fraction of sp³-hybridized carbons (Fsp3) is 0.304. The van der Waals surface area contributed by atoms with E-state index in [1.807, 2.05) is 0 Å². The number of nitrogens with one attached hydrogen (secondary N) is 1. The van der Waals surface area contributed by atoms with Gasteiger partial charge in [-0.1, -0.05) is 0 Å². The van der Waals surface area contributed by atoms with E-state index in [1.54, 1.807) is 20.8 Å². The SMILES string of the molecule is COc1cc2ncc(-c3cc(F)c(OC)c(NS(=O)(=O)c4coc(C)n4)c3)n2cc1S(=O)(=O)C(C)(C)C. The largest absolute Gasteiger partial charge is 0.495 e. The predicted octanol–water partition coefficient (Wildman–Crippen LogP) is 3.83. The van der Waals surface area contributed by atoms with Crippen molar-refractivity contribution in [3.05, 3.63) is 48.6 Å². The molecule has 0 atom stereocenters. The quantitative estimate of drug-likeness (QED) is 0.362. The Balaban J connectivity index is 1.90. The Morgan fingerprint density at radius 3 is 2.35 bits per heavy atom. The fourth-order valence-electron chi connectivity index (χ4n) is 3.58. The summed E-state index contributed by atoms with van der Waals surface area (Å²) in [5.74, 6) is -0.967. The standard InChI is InChI=1S/C23H25FN4O7S2/c1-13-26-21(12-35-13)37(31,32)27-16-8-14(7-15(24)22(16)34-6)17-10-25-20-9-18(33-5)19(11-28(17)20)36(29,30)23(2,3)4/h7-12,27H,1-6H3.